The van der Waals surface area contributed by atoms with Crippen molar-refractivity contribution in [3.05, 3.63) is 0 Å². The quantitative estimate of drug-likeness (QED) is 0.573. The first kappa shape index (κ1) is 8.31. The topological polar surface area (TPSA) is 0 Å². The molecular formula is C9H16S2. The van der Waals surface area contributed by atoms with Crippen LogP contribution in [0.15, 0.2) is 0 Å². The molecule has 0 amide bonds. The Morgan fingerprint density at radius 3 is 2.27 bits per heavy atom. The summed E-state index contributed by atoms with van der Waals surface area (Å²) >= 11 is 4.34. The van der Waals surface area contributed by atoms with E-state index in [2.05, 4.69) is 23.5 Å². The molecular weight excluding hydrogens is 172 g/mol. The van der Waals surface area contributed by atoms with Crippen molar-refractivity contribution in [3.63, 3.8) is 0 Å². The molecule has 64 valence electrons. The average Bonchev–Trinajstić information content (AvgIpc) is 2.07. The van der Waals surface area contributed by atoms with E-state index in [9.17, 15) is 0 Å². The molecule has 11 heavy (non-hydrogen) atoms. The number of hydrogen-bond donors (Lipinski definition) is 0. The van der Waals surface area contributed by atoms with E-state index in [1.807, 2.05) is 0 Å². The van der Waals surface area contributed by atoms with Crippen molar-refractivity contribution < 1.29 is 0 Å². The lowest BCUT2D eigenvalue weighted by Crippen LogP contribution is -2.31. The van der Waals surface area contributed by atoms with E-state index in [1.54, 1.807) is 0 Å². The molecule has 2 heterocycles. The van der Waals surface area contributed by atoms with Crippen LogP contribution in [0.3, 0.4) is 0 Å². The summed E-state index contributed by atoms with van der Waals surface area (Å²) < 4.78 is 0. The summed E-state index contributed by atoms with van der Waals surface area (Å²) in [6, 6.07) is 0. The summed E-state index contributed by atoms with van der Waals surface area (Å²) in [5.41, 5.74) is 0.800. The van der Waals surface area contributed by atoms with E-state index in [4.69, 9.17) is 0 Å². The standard InChI is InChI=1S/C9H16S2/c1-2-9(8-11-5-1)3-6-10-7-4-9/h1-8H2. The molecule has 0 aromatic rings. The largest absolute Gasteiger partial charge is 0.162 e. The van der Waals surface area contributed by atoms with Gasteiger partial charge in [-0.2, -0.15) is 23.5 Å². The molecule has 2 aliphatic heterocycles. The van der Waals surface area contributed by atoms with Crippen molar-refractivity contribution in [1.82, 2.24) is 0 Å². The van der Waals surface area contributed by atoms with Gasteiger partial charge in [-0.15, -0.1) is 0 Å². The molecule has 2 rings (SSSR count). The SMILES string of the molecule is C1CSCC2(C1)CCSCC2. The Morgan fingerprint density at radius 1 is 0.818 bits per heavy atom. The highest BCUT2D eigenvalue weighted by atomic mass is 32.2. The maximum absolute atomic E-state index is 2.19. The molecule has 2 heteroatoms. The minimum atomic E-state index is 0.800. The van der Waals surface area contributed by atoms with Crippen LogP contribution in [0.25, 0.3) is 0 Å². The smallest absolute Gasteiger partial charge is 0.00102 e. The van der Waals surface area contributed by atoms with Gasteiger partial charge in [0, 0.05) is 0 Å². The van der Waals surface area contributed by atoms with Crippen LogP contribution in [0.1, 0.15) is 25.7 Å². The molecule has 0 unspecified atom stereocenters. The van der Waals surface area contributed by atoms with Gasteiger partial charge in [-0.3, -0.25) is 0 Å². The van der Waals surface area contributed by atoms with Crippen molar-refractivity contribution in [2.45, 2.75) is 25.7 Å². The third-order valence-corrected chi connectivity index (χ3v) is 5.34. The number of hydrogen-bond acceptors (Lipinski definition) is 2. The lowest BCUT2D eigenvalue weighted by atomic mass is 9.79. The zero-order valence-corrected chi connectivity index (χ0v) is 8.61. The van der Waals surface area contributed by atoms with Gasteiger partial charge in [-0.05, 0) is 54.1 Å². The van der Waals surface area contributed by atoms with Crippen LogP contribution in [0.5, 0.6) is 0 Å². The highest BCUT2D eigenvalue weighted by molar-refractivity contribution is 7.99. The first-order valence-electron chi connectivity index (χ1n) is 4.57. The van der Waals surface area contributed by atoms with Gasteiger partial charge in [0.15, 0.2) is 0 Å². The van der Waals surface area contributed by atoms with Gasteiger partial charge in [0.25, 0.3) is 0 Å². The van der Waals surface area contributed by atoms with Gasteiger partial charge in [0.1, 0.15) is 0 Å². The Balaban J connectivity index is 1.94. The number of rotatable bonds is 0. The van der Waals surface area contributed by atoms with Crippen LogP contribution in [0, 0.1) is 5.41 Å². The molecule has 0 N–H and O–H groups in total. The van der Waals surface area contributed by atoms with Crippen LogP contribution >= 0.6 is 23.5 Å². The minimum Gasteiger partial charge on any atom is -0.162 e. The maximum Gasteiger partial charge on any atom is -0.00102 e. The first-order chi connectivity index (χ1) is 5.41. The molecule has 0 aromatic heterocycles. The predicted molar refractivity (Wildman–Crippen MR) is 55.6 cm³/mol. The Kier molecular flexibility index (Phi) is 2.73. The van der Waals surface area contributed by atoms with Gasteiger partial charge in [-0.1, -0.05) is 0 Å². The summed E-state index contributed by atoms with van der Waals surface area (Å²) in [5.74, 6) is 5.75. The lowest BCUT2D eigenvalue weighted by Gasteiger charge is -2.39. The molecule has 0 aromatic carbocycles. The second-order valence-electron chi connectivity index (χ2n) is 3.77. The molecule has 2 fully saturated rings. The van der Waals surface area contributed by atoms with Gasteiger partial charge in [-0.25, -0.2) is 0 Å². The monoisotopic (exact) mass is 188 g/mol. The minimum absolute atomic E-state index is 0.800. The second kappa shape index (κ2) is 3.61. The maximum atomic E-state index is 2.19. The van der Waals surface area contributed by atoms with E-state index in [1.165, 1.54) is 48.7 Å². The van der Waals surface area contributed by atoms with Gasteiger partial charge < -0.3 is 0 Å². The Hall–Kier alpha value is 0.700. The fraction of sp³-hybridized carbons (Fsp3) is 1.00. The van der Waals surface area contributed by atoms with Gasteiger partial charge in [0.2, 0.25) is 0 Å². The van der Waals surface area contributed by atoms with Crippen molar-refractivity contribution >= 4 is 23.5 Å². The van der Waals surface area contributed by atoms with E-state index < -0.39 is 0 Å². The average molecular weight is 188 g/mol. The molecule has 2 aliphatic rings. The molecule has 1 spiro atoms. The molecule has 0 atom stereocenters. The van der Waals surface area contributed by atoms with Crippen molar-refractivity contribution in [2.75, 3.05) is 23.0 Å². The molecule has 2 saturated heterocycles. The Labute approximate surface area is 77.9 Å². The van der Waals surface area contributed by atoms with Crippen LogP contribution in [-0.2, 0) is 0 Å². The fourth-order valence-electron chi connectivity index (χ4n) is 2.11. The van der Waals surface area contributed by atoms with Crippen LogP contribution in [0.4, 0.5) is 0 Å². The normalized spacial score (nSPS) is 30.5. The summed E-state index contributed by atoms with van der Waals surface area (Å²) in [4.78, 5) is 0. The summed E-state index contributed by atoms with van der Waals surface area (Å²) in [7, 11) is 0. The van der Waals surface area contributed by atoms with Crippen molar-refractivity contribution in [1.29, 1.82) is 0 Å². The third kappa shape index (κ3) is 1.89. The van der Waals surface area contributed by atoms with E-state index >= 15 is 0 Å². The Bertz CT molecular complexity index is 102. The van der Waals surface area contributed by atoms with E-state index in [0.717, 1.165) is 5.41 Å². The number of thioether (sulfide) groups is 2. The lowest BCUT2D eigenvalue weighted by molar-refractivity contribution is 0.271. The first-order valence-corrected chi connectivity index (χ1v) is 6.88. The second-order valence-corrected chi connectivity index (χ2v) is 6.10. The molecule has 0 radical (unpaired) electrons. The molecule has 0 bridgehead atoms. The van der Waals surface area contributed by atoms with Gasteiger partial charge in [0.05, 0.1) is 0 Å². The van der Waals surface area contributed by atoms with Gasteiger partial charge >= 0.3 is 0 Å². The Morgan fingerprint density at radius 2 is 1.64 bits per heavy atom. The van der Waals surface area contributed by atoms with Crippen molar-refractivity contribution in [2.24, 2.45) is 5.41 Å². The van der Waals surface area contributed by atoms with E-state index in [0.29, 0.717) is 0 Å². The zero-order chi connectivity index (χ0) is 7.57. The molecule has 0 nitrogen and oxygen atoms in total. The molecule has 0 aliphatic carbocycles. The van der Waals surface area contributed by atoms with Crippen LogP contribution in [-0.4, -0.2) is 23.0 Å². The summed E-state index contributed by atoms with van der Waals surface area (Å²) in [6.45, 7) is 0. The highest BCUT2D eigenvalue weighted by Crippen LogP contribution is 2.44. The van der Waals surface area contributed by atoms with Crippen LogP contribution in [0.2, 0.25) is 0 Å². The fourth-order valence-corrected chi connectivity index (χ4v) is 4.83. The summed E-state index contributed by atoms with van der Waals surface area (Å²) in [6.07, 6.45) is 6.02. The third-order valence-electron chi connectivity index (χ3n) is 2.96. The predicted octanol–water partition coefficient (Wildman–Crippen LogP) is 3.03. The highest BCUT2D eigenvalue weighted by Gasteiger charge is 2.33. The van der Waals surface area contributed by atoms with Crippen molar-refractivity contribution in [3.8, 4) is 0 Å². The molecule has 0 saturated carbocycles. The zero-order valence-electron chi connectivity index (χ0n) is 6.97. The summed E-state index contributed by atoms with van der Waals surface area (Å²) in [5, 5.41) is 0. The van der Waals surface area contributed by atoms with E-state index in [-0.39, 0.29) is 0 Å². The van der Waals surface area contributed by atoms with Crippen LogP contribution < -0.4 is 0 Å².